The minimum absolute atomic E-state index is 0.0815. The predicted octanol–water partition coefficient (Wildman–Crippen LogP) is 1.22. The van der Waals surface area contributed by atoms with E-state index in [9.17, 15) is 4.79 Å². The molecule has 3 heterocycles. The second kappa shape index (κ2) is 6.93. The van der Waals surface area contributed by atoms with E-state index in [4.69, 9.17) is 0 Å². The Kier molecular flexibility index (Phi) is 4.75. The smallest absolute Gasteiger partial charge is 0.317 e. The summed E-state index contributed by atoms with van der Waals surface area (Å²) in [6.45, 7) is 4.86. The summed E-state index contributed by atoms with van der Waals surface area (Å²) >= 11 is 0. The number of nitrogens with one attached hydrogen (secondary N) is 2. The van der Waals surface area contributed by atoms with Gasteiger partial charge in [-0.05, 0) is 44.3 Å². The molecule has 2 fully saturated rings. The number of rotatable bonds is 4. The quantitative estimate of drug-likeness (QED) is 0.877. The molecule has 2 aliphatic heterocycles. The average Bonchev–Trinajstić information content (AvgIpc) is 3.20. The molecule has 1 atom stereocenters. The van der Waals surface area contributed by atoms with Crippen molar-refractivity contribution < 1.29 is 4.79 Å². The normalized spacial score (nSPS) is 23.4. The predicted molar refractivity (Wildman–Crippen MR) is 81.1 cm³/mol. The number of carbonyl (C=O) groups is 1. The van der Waals surface area contributed by atoms with Gasteiger partial charge in [0.25, 0.3) is 0 Å². The largest absolute Gasteiger partial charge is 0.338 e. The molecule has 6 nitrogen and oxygen atoms in total. The molecule has 0 spiro atoms. The van der Waals surface area contributed by atoms with Gasteiger partial charge >= 0.3 is 6.03 Å². The third-order valence-electron chi connectivity index (χ3n) is 4.60. The molecule has 0 aliphatic carbocycles. The first kappa shape index (κ1) is 14.4. The van der Waals surface area contributed by atoms with Gasteiger partial charge in [-0.2, -0.15) is 5.10 Å². The van der Waals surface area contributed by atoms with Gasteiger partial charge in [-0.25, -0.2) is 4.79 Å². The van der Waals surface area contributed by atoms with Crippen molar-refractivity contribution in [2.24, 2.45) is 0 Å². The fourth-order valence-corrected chi connectivity index (χ4v) is 3.35. The molecular formula is C15H25N5O. The number of likely N-dealkylation sites (tertiary alicyclic amines) is 2. The van der Waals surface area contributed by atoms with E-state index in [0.717, 1.165) is 31.5 Å². The van der Waals surface area contributed by atoms with Crippen LogP contribution in [0.5, 0.6) is 0 Å². The van der Waals surface area contributed by atoms with E-state index in [2.05, 4.69) is 20.4 Å². The Hall–Kier alpha value is -1.56. The van der Waals surface area contributed by atoms with Crippen LogP contribution in [0.25, 0.3) is 0 Å². The Morgan fingerprint density at radius 2 is 2.19 bits per heavy atom. The van der Waals surface area contributed by atoms with E-state index in [-0.39, 0.29) is 6.03 Å². The van der Waals surface area contributed by atoms with Crippen LogP contribution in [0.1, 0.15) is 31.2 Å². The third kappa shape index (κ3) is 3.75. The minimum atomic E-state index is 0.0815. The fraction of sp³-hybridized carbons (Fsp3) is 0.733. The number of urea groups is 1. The zero-order chi connectivity index (χ0) is 14.5. The number of aromatic amines is 1. The van der Waals surface area contributed by atoms with E-state index < -0.39 is 0 Å². The number of amides is 2. The lowest BCUT2D eigenvalue weighted by Crippen LogP contribution is -2.44. The lowest BCUT2D eigenvalue weighted by atomic mass is 10.1. The molecule has 2 amide bonds. The molecule has 0 aromatic carbocycles. The van der Waals surface area contributed by atoms with Gasteiger partial charge in [0.15, 0.2) is 0 Å². The van der Waals surface area contributed by atoms with Crippen LogP contribution in [0, 0.1) is 0 Å². The average molecular weight is 291 g/mol. The number of carbonyl (C=O) groups excluding carboxylic acids is 1. The number of H-pyrrole nitrogens is 1. The van der Waals surface area contributed by atoms with Gasteiger partial charge in [0.1, 0.15) is 0 Å². The Morgan fingerprint density at radius 3 is 2.95 bits per heavy atom. The van der Waals surface area contributed by atoms with Crippen molar-refractivity contribution in [2.45, 2.75) is 38.1 Å². The van der Waals surface area contributed by atoms with Crippen LogP contribution in [0.3, 0.4) is 0 Å². The van der Waals surface area contributed by atoms with E-state index in [0.29, 0.717) is 12.6 Å². The highest BCUT2D eigenvalue weighted by Crippen LogP contribution is 2.20. The van der Waals surface area contributed by atoms with Crippen LogP contribution in [0.4, 0.5) is 4.79 Å². The van der Waals surface area contributed by atoms with Crippen molar-refractivity contribution in [1.29, 1.82) is 0 Å². The van der Waals surface area contributed by atoms with Crippen molar-refractivity contribution >= 4 is 6.03 Å². The van der Waals surface area contributed by atoms with E-state index in [1.54, 1.807) is 6.20 Å². The minimum Gasteiger partial charge on any atom is -0.338 e. The Labute approximate surface area is 125 Å². The molecule has 6 heteroatoms. The molecule has 1 aromatic heterocycles. The Bertz CT molecular complexity index is 441. The summed E-state index contributed by atoms with van der Waals surface area (Å²) in [4.78, 5) is 16.7. The fourth-order valence-electron chi connectivity index (χ4n) is 3.35. The molecule has 2 N–H and O–H groups in total. The van der Waals surface area contributed by atoms with Gasteiger partial charge in [-0.3, -0.25) is 10.00 Å². The number of aromatic nitrogens is 2. The maximum absolute atomic E-state index is 12.2. The van der Waals surface area contributed by atoms with Crippen LogP contribution in [0.2, 0.25) is 0 Å². The number of hydrogen-bond acceptors (Lipinski definition) is 3. The number of nitrogens with zero attached hydrogens (tertiary/aromatic N) is 3. The maximum Gasteiger partial charge on any atom is 0.317 e. The van der Waals surface area contributed by atoms with Crippen molar-refractivity contribution in [1.82, 2.24) is 25.3 Å². The molecule has 1 unspecified atom stereocenters. The summed E-state index contributed by atoms with van der Waals surface area (Å²) < 4.78 is 0. The second-order valence-corrected chi connectivity index (χ2v) is 6.07. The molecule has 0 bridgehead atoms. The van der Waals surface area contributed by atoms with Gasteiger partial charge in [-0.1, -0.05) is 6.42 Å². The molecule has 0 radical (unpaired) electrons. The van der Waals surface area contributed by atoms with Gasteiger partial charge in [0.05, 0.1) is 6.20 Å². The van der Waals surface area contributed by atoms with Gasteiger partial charge in [-0.15, -0.1) is 0 Å². The first-order valence-corrected chi connectivity index (χ1v) is 8.07. The van der Waals surface area contributed by atoms with Gasteiger partial charge < -0.3 is 10.2 Å². The molecule has 21 heavy (non-hydrogen) atoms. The third-order valence-corrected chi connectivity index (χ3v) is 4.60. The lowest BCUT2D eigenvalue weighted by Gasteiger charge is -2.32. The molecule has 2 aliphatic rings. The molecule has 1 aromatic rings. The molecule has 3 rings (SSSR count). The highest BCUT2D eigenvalue weighted by Gasteiger charge is 2.30. The highest BCUT2D eigenvalue weighted by molar-refractivity contribution is 5.74. The van der Waals surface area contributed by atoms with Crippen molar-refractivity contribution in [3.8, 4) is 0 Å². The first-order chi connectivity index (χ1) is 10.3. The van der Waals surface area contributed by atoms with Crippen molar-refractivity contribution in [2.75, 3.05) is 32.7 Å². The second-order valence-electron chi connectivity index (χ2n) is 6.07. The topological polar surface area (TPSA) is 64.3 Å². The Balaban J connectivity index is 1.39. The first-order valence-electron chi connectivity index (χ1n) is 8.07. The number of hydrogen-bond donors (Lipinski definition) is 2. The van der Waals surface area contributed by atoms with Gasteiger partial charge in [0, 0.05) is 31.9 Å². The molecule has 2 saturated heterocycles. The summed E-state index contributed by atoms with van der Waals surface area (Å²) in [6.07, 6.45) is 9.60. The summed E-state index contributed by atoms with van der Waals surface area (Å²) in [5.74, 6) is 0. The summed E-state index contributed by atoms with van der Waals surface area (Å²) in [5, 5.41) is 9.71. The van der Waals surface area contributed by atoms with Crippen LogP contribution in [-0.2, 0) is 6.42 Å². The van der Waals surface area contributed by atoms with E-state index >= 15 is 0 Å². The van der Waals surface area contributed by atoms with Crippen molar-refractivity contribution in [3.63, 3.8) is 0 Å². The SMILES string of the molecule is O=C(NCCc1cn[nH]c1)N1CCC(N2CCCCC2)C1. The maximum atomic E-state index is 12.2. The standard InChI is InChI=1S/C15H25N5O/c21-15(16-6-4-13-10-17-18-11-13)20-9-5-14(12-20)19-7-2-1-3-8-19/h10-11,14H,1-9,12H2,(H,16,21)(H,17,18). The summed E-state index contributed by atoms with van der Waals surface area (Å²) in [6, 6.07) is 0.655. The van der Waals surface area contributed by atoms with Crippen LogP contribution in [-0.4, -0.2) is 64.8 Å². The lowest BCUT2D eigenvalue weighted by molar-refractivity contribution is 0.161. The highest BCUT2D eigenvalue weighted by atomic mass is 16.2. The summed E-state index contributed by atoms with van der Waals surface area (Å²) in [7, 11) is 0. The van der Waals surface area contributed by atoms with E-state index in [1.807, 2.05) is 11.1 Å². The zero-order valence-corrected chi connectivity index (χ0v) is 12.6. The molecular weight excluding hydrogens is 266 g/mol. The van der Waals surface area contributed by atoms with Crippen LogP contribution >= 0.6 is 0 Å². The van der Waals surface area contributed by atoms with E-state index in [1.165, 1.54) is 32.4 Å². The van der Waals surface area contributed by atoms with Crippen LogP contribution < -0.4 is 5.32 Å². The molecule has 116 valence electrons. The summed E-state index contributed by atoms with van der Waals surface area (Å²) in [5.41, 5.74) is 1.13. The monoisotopic (exact) mass is 291 g/mol. The zero-order valence-electron chi connectivity index (χ0n) is 12.6. The number of piperidine rings is 1. The van der Waals surface area contributed by atoms with Crippen LogP contribution in [0.15, 0.2) is 12.4 Å². The Morgan fingerprint density at radius 1 is 1.33 bits per heavy atom. The van der Waals surface area contributed by atoms with Crippen molar-refractivity contribution in [3.05, 3.63) is 18.0 Å². The van der Waals surface area contributed by atoms with Gasteiger partial charge in [0.2, 0.25) is 0 Å². The molecule has 0 saturated carbocycles.